The van der Waals surface area contributed by atoms with E-state index in [4.69, 9.17) is 27.9 Å². The lowest BCUT2D eigenvalue weighted by atomic mass is 10.1. The normalized spacial score (nSPS) is 16.4. The summed E-state index contributed by atoms with van der Waals surface area (Å²) in [6.45, 7) is 2.32. The fourth-order valence-corrected chi connectivity index (χ4v) is 2.10. The van der Waals surface area contributed by atoms with Gasteiger partial charge in [-0.05, 0) is 19.8 Å². The number of aromatic amines is 1. The van der Waals surface area contributed by atoms with E-state index in [9.17, 15) is 0 Å². The second kappa shape index (κ2) is 4.61. The first-order valence-corrected chi connectivity index (χ1v) is 6.56. The number of aromatic nitrogens is 5. The molecule has 1 aliphatic rings. The van der Waals surface area contributed by atoms with Crippen LogP contribution >= 0.6 is 23.2 Å². The van der Waals surface area contributed by atoms with Gasteiger partial charge in [-0.3, -0.25) is 5.10 Å². The fraction of sp³-hybridized carbons (Fsp3) is 0.455. The van der Waals surface area contributed by atoms with Crippen molar-refractivity contribution in [1.29, 1.82) is 0 Å². The molecule has 1 aliphatic carbocycles. The van der Waals surface area contributed by atoms with Crippen molar-refractivity contribution >= 4 is 23.2 Å². The molecule has 19 heavy (non-hydrogen) atoms. The van der Waals surface area contributed by atoms with E-state index in [1.807, 2.05) is 6.92 Å². The van der Waals surface area contributed by atoms with Gasteiger partial charge in [-0.1, -0.05) is 23.2 Å². The van der Waals surface area contributed by atoms with Crippen LogP contribution in [0, 0.1) is 6.92 Å². The summed E-state index contributed by atoms with van der Waals surface area (Å²) in [5.41, 5.74) is -0.121. The zero-order valence-corrected chi connectivity index (χ0v) is 11.7. The number of aryl methyl sites for hydroxylation is 1. The van der Waals surface area contributed by atoms with Gasteiger partial charge in [0, 0.05) is 6.07 Å². The Hall–Kier alpha value is -1.40. The second-order valence-corrected chi connectivity index (χ2v) is 5.38. The molecule has 0 atom stereocenters. The third-order valence-corrected chi connectivity index (χ3v) is 3.56. The molecular weight excluding hydrogens is 289 g/mol. The van der Waals surface area contributed by atoms with Crippen LogP contribution in [-0.4, -0.2) is 32.0 Å². The zero-order chi connectivity index (χ0) is 13.5. The van der Waals surface area contributed by atoms with E-state index in [1.165, 1.54) is 0 Å². The molecule has 6 nitrogen and oxygen atoms in total. The Morgan fingerprint density at radius 1 is 1.37 bits per heavy atom. The molecule has 2 aromatic rings. The smallest absolute Gasteiger partial charge is 0.193 e. The highest BCUT2D eigenvalue weighted by atomic mass is 35.5. The average molecular weight is 300 g/mol. The predicted octanol–water partition coefficient (Wildman–Crippen LogP) is 2.32. The lowest BCUT2D eigenvalue weighted by Crippen LogP contribution is -2.19. The van der Waals surface area contributed by atoms with Gasteiger partial charge in [0.05, 0.1) is 5.41 Å². The molecule has 0 aromatic carbocycles. The van der Waals surface area contributed by atoms with Crippen molar-refractivity contribution in [3.05, 3.63) is 28.0 Å². The number of H-pyrrole nitrogens is 1. The van der Waals surface area contributed by atoms with Gasteiger partial charge in [0.15, 0.2) is 21.9 Å². The molecule has 0 spiro atoms. The predicted molar refractivity (Wildman–Crippen MR) is 69.6 cm³/mol. The second-order valence-electron chi connectivity index (χ2n) is 4.64. The Labute approximate surface area is 119 Å². The van der Waals surface area contributed by atoms with Gasteiger partial charge in [-0.15, -0.1) is 10.2 Å². The standard InChI is InChI=1S/C11H11Cl2N5O/c1-6-14-10(18-15-6)11(2-3-11)5-19-7-4-8(12)16-17-9(7)13/h4H,2-3,5H2,1H3,(H,14,15,18). The molecule has 1 N–H and O–H groups in total. The van der Waals surface area contributed by atoms with E-state index in [-0.39, 0.29) is 15.7 Å². The van der Waals surface area contributed by atoms with Crippen LogP contribution in [-0.2, 0) is 5.41 Å². The van der Waals surface area contributed by atoms with Crippen molar-refractivity contribution in [1.82, 2.24) is 25.4 Å². The van der Waals surface area contributed by atoms with Gasteiger partial charge in [0.25, 0.3) is 0 Å². The van der Waals surface area contributed by atoms with E-state index in [0.717, 1.165) is 24.5 Å². The summed E-state index contributed by atoms with van der Waals surface area (Å²) in [5, 5.41) is 14.8. The van der Waals surface area contributed by atoms with Gasteiger partial charge in [-0.25, -0.2) is 4.98 Å². The molecule has 2 heterocycles. The number of ether oxygens (including phenoxy) is 1. The molecule has 0 unspecified atom stereocenters. The van der Waals surface area contributed by atoms with Crippen molar-refractivity contribution in [3.8, 4) is 5.75 Å². The Balaban J connectivity index is 1.74. The van der Waals surface area contributed by atoms with Crippen molar-refractivity contribution in [2.24, 2.45) is 0 Å². The summed E-state index contributed by atoms with van der Waals surface area (Å²) in [7, 11) is 0. The lowest BCUT2D eigenvalue weighted by molar-refractivity contribution is 0.271. The minimum absolute atomic E-state index is 0.121. The number of nitrogens with one attached hydrogen (secondary N) is 1. The van der Waals surface area contributed by atoms with Crippen molar-refractivity contribution in [3.63, 3.8) is 0 Å². The zero-order valence-electron chi connectivity index (χ0n) is 10.2. The molecule has 2 aromatic heterocycles. The average Bonchev–Trinajstić information content (AvgIpc) is 3.05. The Morgan fingerprint density at radius 3 is 2.79 bits per heavy atom. The molecule has 0 amide bonds. The third-order valence-electron chi connectivity index (χ3n) is 3.12. The number of rotatable bonds is 4. The highest BCUT2D eigenvalue weighted by Crippen LogP contribution is 2.47. The summed E-state index contributed by atoms with van der Waals surface area (Å²) < 4.78 is 5.70. The molecule has 0 radical (unpaired) electrons. The van der Waals surface area contributed by atoms with Crippen LogP contribution in [0.2, 0.25) is 10.3 Å². The lowest BCUT2D eigenvalue weighted by Gasteiger charge is -2.13. The van der Waals surface area contributed by atoms with Gasteiger partial charge in [0.1, 0.15) is 12.4 Å². The molecular formula is C11H11Cl2N5O. The molecule has 8 heteroatoms. The highest BCUT2D eigenvalue weighted by molar-refractivity contribution is 6.32. The first kappa shape index (κ1) is 12.6. The maximum atomic E-state index is 5.90. The van der Waals surface area contributed by atoms with E-state index >= 15 is 0 Å². The number of hydrogen-bond donors (Lipinski definition) is 1. The van der Waals surface area contributed by atoms with Crippen LogP contribution in [0.25, 0.3) is 0 Å². The van der Waals surface area contributed by atoms with Gasteiger partial charge in [-0.2, -0.15) is 5.10 Å². The molecule has 0 aliphatic heterocycles. The van der Waals surface area contributed by atoms with Crippen molar-refractivity contribution in [2.75, 3.05) is 6.61 Å². The quantitative estimate of drug-likeness (QED) is 0.937. The maximum Gasteiger partial charge on any atom is 0.193 e. The van der Waals surface area contributed by atoms with Crippen molar-refractivity contribution in [2.45, 2.75) is 25.2 Å². The van der Waals surface area contributed by atoms with Crippen LogP contribution in [0.4, 0.5) is 0 Å². The van der Waals surface area contributed by atoms with E-state index in [1.54, 1.807) is 6.07 Å². The van der Waals surface area contributed by atoms with Gasteiger partial charge in [0.2, 0.25) is 0 Å². The Bertz CT molecular complexity index is 611. The maximum absolute atomic E-state index is 5.90. The number of hydrogen-bond acceptors (Lipinski definition) is 5. The Kier molecular flexibility index (Phi) is 3.06. The molecule has 1 fully saturated rings. The van der Waals surface area contributed by atoms with E-state index in [2.05, 4.69) is 25.4 Å². The monoisotopic (exact) mass is 299 g/mol. The number of nitrogens with zero attached hydrogens (tertiary/aromatic N) is 4. The van der Waals surface area contributed by atoms with E-state index < -0.39 is 0 Å². The largest absolute Gasteiger partial charge is 0.489 e. The summed E-state index contributed by atoms with van der Waals surface area (Å²) in [5.74, 6) is 2.02. The molecule has 3 rings (SSSR count). The van der Waals surface area contributed by atoms with Gasteiger partial charge < -0.3 is 4.74 Å². The number of halogens is 2. The van der Waals surface area contributed by atoms with Crippen LogP contribution < -0.4 is 4.74 Å². The summed E-state index contributed by atoms with van der Waals surface area (Å²) in [4.78, 5) is 4.36. The van der Waals surface area contributed by atoms with Crippen LogP contribution in [0.5, 0.6) is 5.75 Å². The topological polar surface area (TPSA) is 76.6 Å². The molecule has 1 saturated carbocycles. The van der Waals surface area contributed by atoms with Crippen LogP contribution in [0.15, 0.2) is 6.07 Å². The molecule has 100 valence electrons. The molecule has 0 saturated heterocycles. The SMILES string of the molecule is Cc1nc(C2(COc3cc(Cl)nnc3Cl)CC2)n[nH]1. The van der Waals surface area contributed by atoms with Crippen molar-refractivity contribution < 1.29 is 4.74 Å². The highest BCUT2D eigenvalue weighted by Gasteiger charge is 2.49. The van der Waals surface area contributed by atoms with E-state index in [0.29, 0.717) is 12.4 Å². The van der Waals surface area contributed by atoms with Gasteiger partial charge >= 0.3 is 0 Å². The first-order chi connectivity index (χ1) is 9.09. The minimum atomic E-state index is -0.121. The molecule has 0 bridgehead atoms. The Morgan fingerprint density at radius 2 is 2.16 bits per heavy atom. The van der Waals surface area contributed by atoms with Crippen LogP contribution in [0.3, 0.4) is 0 Å². The summed E-state index contributed by atoms with van der Waals surface area (Å²) in [6, 6.07) is 1.55. The summed E-state index contributed by atoms with van der Waals surface area (Å²) in [6.07, 6.45) is 1.99. The minimum Gasteiger partial charge on any atom is -0.489 e. The summed E-state index contributed by atoms with van der Waals surface area (Å²) >= 11 is 11.7. The third kappa shape index (κ3) is 2.50. The fourth-order valence-electron chi connectivity index (χ4n) is 1.82. The first-order valence-electron chi connectivity index (χ1n) is 5.80. The van der Waals surface area contributed by atoms with Crippen LogP contribution in [0.1, 0.15) is 24.5 Å².